The third-order valence-electron chi connectivity index (χ3n) is 6.10. The van der Waals surface area contributed by atoms with Crippen LogP contribution in [0.2, 0.25) is 0 Å². The Morgan fingerprint density at radius 1 is 0.781 bits per heavy atom. The van der Waals surface area contributed by atoms with Gasteiger partial charge in [-0.1, -0.05) is 72.8 Å². The van der Waals surface area contributed by atoms with Crippen LogP contribution in [-0.2, 0) is 0 Å². The van der Waals surface area contributed by atoms with Crippen molar-refractivity contribution in [2.75, 3.05) is 46.9 Å². The molecule has 4 nitrogen and oxygen atoms in total. The van der Waals surface area contributed by atoms with Crippen molar-refractivity contribution < 1.29 is 9.47 Å². The Bertz CT molecular complexity index is 957. The molecule has 0 spiro atoms. The molecule has 0 bridgehead atoms. The van der Waals surface area contributed by atoms with Gasteiger partial charge in [0.2, 0.25) is 0 Å². The standard InChI is InChI=1S/C28H32N2O2/c1-31-26-16-15-23(27(22-26)32-2)14-9-17-29-18-20-30(21-19-29)28(24-10-5-3-6-11-24)25-12-7-4-8-13-25/h3-16,22,28H,17-21H2,1-2H3. The molecule has 32 heavy (non-hydrogen) atoms. The predicted molar refractivity (Wildman–Crippen MR) is 131 cm³/mol. The summed E-state index contributed by atoms with van der Waals surface area (Å²) in [6.07, 6.45) is 4.37. The fraction of sp³-hybridized carbons (Fsp3) is 0.286. The number of hydrogen-bond acceptors (Lipinski definition) is 4. The summed E-state index contributed by atoms with van der Waals surface area (Å²) in [6, 6.07) is 27.9. The average Bonchev–Trinajstić information content (AvgIpc) is 2.86. The molecule has 1 fully saturated rings. The minimum atomic E-state index is 0.304. The first-order valence-electron chi connectivity index (χ1n) is 11.2. The monoisotopic (exact) mass is 428 g/mol. The van der Waals surface area contributed by atoms with Crippen LogP contribution in [0, 0.1) is 0 Å². The number of benzene rings is 3. The van der Waals surface area contributed by atoms with E-state index >= 15 is 0 Å². The van der Waals surface area contributed by atoms with Gasteiger partial charge >= 0.3 is 0 Å². The van der Waals surface area contributed by atoms with Crippen molar-refractivity contribution in [1.82, 2.24) is 9.80 Å². The highest BCUT2D eigenvalue weighted by atomic mass is 16.5. The van der Waals surface area contributed by atoms with Crippen LogP contribution >= 0.6 is 0 Å². The van der Waals surface area contributed by atoms with E-state index in [0.717, 1.165) is 49.8 Å². The van der Waals surface area contributed by atoms with E-state index in [1.807, 2.05) is 18.2 Å². The van der Waals surface area contributed by atoms with Crippen LogP contribution in [0.4, 0.5) is 0 Å². The Morgan fingerprint density at radius 3 is 1.97 bits per heavy atom. The van der Waals surface area contributed by atoms with Gasteiger partial charge in [0, 0.05) is 44.4 Å². The van der Waals surface area contributed by atoms with E-state index in [1.165, 1.54) is 11.1 Å². The topological polar surface area (TPSA) is 24.9 Å². The van der Waals surface area contributed by atoms with Gasteiger partial charge in [0.1, 0.15) is 11.5 Å². The summed E-state index contributed by atoms with van der Waals surface area (Å²) in [5, 5.41) is 0. The molecular weight excluding hydrogens is 396 g/mol. The van der Waals surface area contributed by atoms with E-state index in [9.17, 15) is 0 Å². The zero-order valence-corrected chi connectivity index (χ0v) is 19.0. The lowest BCUT2D eigenvalue weighted by Crippen LogP contribution is -2.47. The maximum absolute atomic E-state index is 5.50. The van der Waals surface area contributed by atoms with Crippen LogP contribution in [0.15, 0.2) is 84.9 Å². The Kier molecular flexibility index (Phi) is 7.59. The highest BCUT2D eigenvalue weighted by molar-refractivity contribution is 5.59. The van der Waals surface area contributed by atoms with Crippen LogP contribution in [0.5, 0.6) is 11.5 Å². The minimum absolute atomic E-state index is 0.304. The zero-order valence-electron chi connectivity index (χ0n) is 19.0. The minimum Gasteiger partial charge on any atom is -0.497 e. The van der Waals surface area contributed by atoms with Crippen molar-refractivity contribution >= 4 is 6.08 Å². The number of rotatable bonds is 8. The molecule has 1 saturated heterocycles. The molecule has 0 saturated carbocycles. The van der Waals surface area contributed by atoms with Gasteiger partial charge < -0.3 is 9.47 Å². The van der Waals surface area contributed by atoms with Gasteiger partial charge in [-0.15, -0.1) is 0 Å². The van der Waals surface area contributed by atoms with E-state index in [1.54, 1.807) is 14.2 Å². The SMILES string of the molecule is COc1ccc(C=CCN2CCN(C(c3ccccc3)c3ccccc3)CC2)c(OC)c1. The fourth-order valence-corrected chi connectivity index (χ4v) is 4.37. The molecule has 4 heteroatoms. The molecular formula is C28H32N2O2. The summed E-state index contributed by atoms with van der Waals surface area (Å²) in [4.78, 5) is 5.12. The summed E-state index contributed by atoms with van der Waals surface area (Å²) in [7, 11) is 3.37. The molecule has 1 aliphatic heterocycles. The fourth-order valence-electron chi connectivity index (χ4n) is 4.37. The van der Waals surface area contributed by atoms with Crippen molar-refractivity contribution in [3.8, 4) is 11.5 Å². The Balaban J connectivity index is 1.38. The zero-order chi connectivity index (χ0) is 22.2. The van der Waals surface area contributed by atoms with Crippen molar-refractivity contribution in [1.29, 1.82) is 0 Å². The highest BCUT2D eigenvalue weighted by Crippen LogP contribution is 2.29. The van der Waals surface area contributed by atoms with E-state index in [-0.39, 0.29) is 0 Å². The maximum atomic E-state index is 5.50. The molecule has 0 unspecified atom stereocenters. The van der Waals surface area contributed by atoms with Crippen LogP contribution < -0.4 is 9.47 Å². The van der Waals surface area contributed by atoms with Gasteiger partial charge in [0.15, 0.2) is 0 Å². The number of methoxy groups -OCH3 is 2. The third kappa shape index (κ3) is 5.39. The number of ether oxygens (including phenoxy) is 2. The number of nitrogens with zero attached hydrogens (tertiary/aromatic N) is 2. The molecule has 4 rings (SSSR count). The molecule has 0 aromatic heterocycles. The summed E-state index contributed by atoms with van der Waals surface area (Å²) >= 11 is 0. The summed E-state index contributed by atoms with van der Waals surface area (Å²) < 4.78 is 10.8. The second-order valence-corrected chi connectivity index (χ2v) is 8.07. The molecule has 3 aromatic carbocycles. The Hall–Kier alpha value is -3.08. The van der Waals surface area contributed by atoms with Gasteiger partial charge in [-0.2, -0.15) is 0 Å². The number of piperazine rings is 1. The van der Waals surface area contributed by atoms with Gasteiger partial charge in [-0.3, -0.25) is 9.80 Å². The van der Waals surface area contributed by atoms with Crippen LogP contribution in [-0.4, -0.2) is 56.7 Å². The van der Waals surface area contributed by atoms with Crippen LogP contribution in [0.1, 0.15) is 22.7 Å². The van der Waals surface area contributed by atoms with E-state index in [2.05, 4.69) is 82.6 Å². The van der Waals surface area contributed by atoms with Crippen molar-refractivity contribution in [2.45, 2.75) is 6.04 Å². The molecule has 3 aromatic rings. The second-order valence-electron chi connectivity index (χ2n) is 8.07. The van der Waals surface area contributed by atoms with Gasteiger partial charge in [0.05, 0.1) is 20.3 Å². The van der Waals surface area contributed by atoms with E-state index in [4.69, 9.17) is 9.47 Å². The van der Waals surface area contributed by atoms with E-state index in [0.29, 0.717) is 6.04 Å². The molecule has 0 N–H and O–H groups in total. The number of hydrogen-bond donors (Lipinski definition) is 0. The predicted octanol–water partition coefficient (Wildman–Crippen LogP) is 5.12. The lowest BCUT2D eigenvalue weighted by Gasteiger charge is -2.39. The van der Waals surface area contributed by atoms with Gasteiger partial charge in [-0.05, 0) is 23.3 Å². The maximum Gasteiger partial charge on any atom is 0.129 e. The molecule has 0 atom stereocenters. The molecule has 166 valence electrons. The largest absolute Gasteiger partial charge is 0.497 e. The lowest BCUT2D eigenvalue weighted by molar-refractivity contribution is 0.118. The second kappa shape index (κ2) is 11.0. The van der Waals surface area contributed by atoms with Crippen molar-refractivity contribution in [3.05, 3.63) is 102 Å². The van der Waals surface area contributed by atoms with Crippen molar-refractivity contribution in [3.63, 3.8) is 0 Å². The summed E-state index contributed by atoms with van der Waals surface area (Å²) in [6.45, 7) is 5.15. The Morgan fingerprint density at radius 2 is 1.41 bits per heavy atom. The van der Waals surface area contributed by atoms with Crippen molar-refractivity contribution in [2.24, 2.45) is 0 Å². The van der Waals surface area contributed by atoms with Gasteiger partial charge in [-0.25, -0.2) is 0 Å². The quantitative estimate of drug-likeness (QED) is 0.497. The first-order valence-corrected chi connectivity index (χ1v) is 11.2. The smallest absolute Gasteiger partial charge is 0.129 e. The molecule has 1 heterocycles. The third-order valence-corrected chi connectivity index (χ3v) is 6.10. The molecule has 0 amide bonds. The van der Waals surface area contributed by atoms with Gasteiger partial charge in [0.25, 0.3) is 0 Å². The lowest BCUT2D eigenvalue weighted by atomic mass is 9.96. The highest BCUT2D eigenvalue weighted by Gasteiger charge is 2.25. The van der Waals surface area contributed by atoms with Crippen LogP contribution in [0.3, 0.4) is 0 Å². The Labute approximate surface area is 191 Å². The first-order chi connectivity index (χ1) is 15.8. The normalized spacial score (nSPS) is 15.3. The molecule has 0 aliphatic carbocycles. The van der Waals surface area contributed by atoms with E-state index < -0.39 is 0 Å². The molecule has 0 radical (unpaired) electrons. The van der Waals surface area contributed by atoms with Crippen LogP contribution in [0.25, 0.3) is 6.08 Å². The summed E-state index contributed by atoms with van der Waals surface area (Å²) in [5.41, 5.74) is 3.79. The molecule has 1 aliphatic rings. The first kappa shape index (κ1) is 22.1. The summed E-state index contributed by atoms with van der Waals surface area (Å²) in [5.74, 6) is 1.64. The average molecular weight is 429 g/mol.